The number of carbonyl (C=O) groups is 1. The number of nitrogens with one attached hydrogen (secondary N) is 1. The zero-order valence-electron chi connectivity index (χ0n) is 15.9. The van der Waals surface area contributed by atoms with E-state index in [-0.39, 0.29) is 5.91 Å². The lowest BCUT2D eigenvalue weighted by molar-refractivity contribution is 0.0724. The van der Waals surface area contributed by atoms with Crippen molar-refractivity contribution in [2.75, 3.05) is 36.4 Å². The maximum Gasteiger partial charge on any atom is 0.254 e. The van der Waals surface area contributed by atoms with Crippen LogP contribution in [0.25, 0.3) is 0 Å². The molecule has 2 aliphatic heterocycles. The van der Waals surface area contributed by atoms with Gasteiger partial charge in [-0.1, -0.05) is 0 Å². The zero-order valence-corrected chi connectivity index (χ0v) is 15.9. The summed E-state index contributed by atoms with van der Waals surface area (Å²) in [5.74, 6) is 0.823. The molecule has 0 saturated carbocycles. The monoisotopic (exact) mass is 364 g/mol. The lowest BCUT2D eigenvalue weighted by Crippen LogP contribution is -2.35. The predicted molar refractivity (Wildman–Crippen MR) is 110 cm³/mol. The number of benzene rings is 1. The van der Waals surface area contributed by atoms with Crippen molar-refractivity contribution in [1.82, 2.24) is 9.88 Å². The molecule has 0 unspecified atom stereocenters. The van der Waals surface area contributed by atoms with Crippen LogP contribution < -0.4 is 10.2 Å². The van der Waals surface area contributed by atoms with Crippen LogP contribution >= 0.6 is 0 Å². The van der Waals surface area contributed by atoms with Crippen LogP contribution in [0.3, 0.4) is 0 Å². The molecule has 1 aromatic carbocycles. The van der Waals surface area contributed by atoms with Crippen molar-refractivity contribution in [1.29, 1.82) is 0 Å². The van der Waals surface area contributed by atoms with Gasteiger partial charge in [0.15, 0.2) is 0 Å². The summed E-state index contributed by atoms with van der Waals surface area (Å²) >= 11 is 0. The molecule has 27 heavy (non-hydrogen) atoms. The Morgan fingerprint density at radius 3 is 2.22 bits per heavy atom. The van der Waals surface area contributed by atoms with Gasteiger partial charge in [-0.3, -0.25) is 4.79 Å². The van der Waals surface area contributed by atoms with Crippen molar-refractivity contribution in [3.05, 3.63) is 48.2 Å². The Hall–Kier alpha value is -2.56. The number of rotatable bonds is 4. The molecule has 3 heterocycles. The summed E-state index contributed by atoms with van der Waals surface area (Å²) in [7, 11) is 0. The minimum absolute atomic E-state index is 0.112. The van der Waals surface area contributed by atoms with Crippen LogP contribution in [-0.4, -0.2) is 42.0 Å². The van der Waals surface area contributed by atoms with Crippen molar-refractivity contribution in [3.8, 4) is 0 Å². The number of pyridine rings is 1. The normalized spacial score (nSPS) is 17.6. The van der Waals surface area contributed by atoms with Crippen molar-refractivity contribution in [3.63, 3.8) is 0 Å². The van der Waals surface area contributed by atoms with Crippen LogP contribution in [0.2, 0.25) is 0 Å². The lowest BCUT2D eigenvalue weighted by Gasteiger charge is -2.28. The van der Waals surface area contributed by atoms with E-state index in [2.05, 4.69) is 39.5 Å². The number of hydrogen-bond donors (Lipinski definition) is 1. The minimum Gasteiger partial charge on any atom is -0.372 e. The third-order valence-corrected chi connectivity index (χ3v) is 5.51. The molecular formula is C22H28N4O. The zero-order chi connectivity index (χ0) is 18.5. The molecule has 1 aromatic heterocycles. The molecule has 0 radical (unpaired) electrons. The average molecular weight is 364 g/mol. The molecular weight excluding hydrogens is 336 g/mol. The molecule has 0 spiro atoms. The quantitative estimate of drug-likeness (QED) is 0.871. The number of hydrogen-bond acceptors (Lipinski definition) is 4. The maximum absolute atomic E-state index is 12.7. The van der Waals surface area contributed by atoms with Gasteiger partial charge in [-0.2, -0.15) is 0 Å². The van der Waals surface area contributed by atoms with Gasteiger partial charge in [-0.25, -0.2) is 4.98 Å². The fraction of sp³-hybridized carbons (Fsp3) is 0.455. The Kier molecular flexibility index (Phi) is 5.56. The summed E-state index contributed by atoms with van der Waals surface area (Å²) in [5, 5.41) is 3.33. The van der Waals surface area contributed by atoms with Crippen molar-refractivity contribution in [2.24, 2.45) is 0 Å². The maximum atomic E-state index is 12.7. The molecule has 0 aliphatic carbocycles. The first-order valence-electron chi connectivity index (χ1n) is 10.2. The molecule has 2 aliphatic rings. The number of carbonyl (C=O) groups excluding carboxylic acids is 1. The van der Waals surface area contributed by atoms with E-state index in [4.69, 9.17) is 0 Å². The van der Waals surface area contributed by atoms with Gasteiger partial charge in [0.2, 0.25) is 0 Å². The van der Waals surface area contributed by atoms with E-state index in [9.17, 15) is 4.79 Å². The molecule has 2 saturated heterocycles. The number of likely N-dealkylation sites (tertiary alicyclic amines) is 1. The Morgan fingerprint density at radius 1 is 0.852 bits per heavy atom. The number of amides is 1. The smallest absolute Gasteiger partial charge is 0.254 e. The van der Waals surface area contributed by atoms with E-state index in [1.807, 2.05) is 17.0 Å². The molecule has 142 valence electrons. The Labute approximate surface area is 161 Å². The number of nitrogens with zero attached hydrogens (tertiary/aromatic N) is 3. The highest BCUT2D eigenvalue weighted by atomic mass is 16.2. The largest absolute Gasteiger partial charge is 0.372 e. The van der Waals surface area contributed by atoms with Gasteiger partial charge in [0.25, 0.3) is 5.91 Å². The van der Waals surface area contributed by atoms with Gasteiger partial charge in [0, 0.05) is 49.3 Å². The molecule has 5 nitrogen and oxygen atoms in total. The van der Waals surface area contributed by atoms with E-state index in [0.717, 1.165) is 44.7 Å². The van der Waals surface area contributed by atoms with Gasteiger partial charge in [-0.05, 0) is 74.9 Å². The molecule has 2 aromatic rings. The minimum atomic E-state index is 0.112. The Balaban J connectivity index is 1.42. The summed E-state index contributed by atoms with van der Waals surface area (Å²) < 4.78 is 0. The summed E-state index contributed by atoms with van der Waals surface area (Å²) in [4.78, 5) is 21.5. The second-order valence-corrected chi connectivity index (χ2v) is 7.50. The van der Waals surface area contributed by atoms with E-state index >= 15 is 0 Å². The summed E-state index contributed by atoms with van der Waals surface area (Å²) in [6.45, 7) is 4.02. The van der Waals surface area contributed by atoms with Gasteiger partial charge in [0.05, 0.1) is 0 Å². The van der Waals surface area contributed by atoms with E-state index in [1.165, 1.54) is 31.4 Å². The van der Waals surface area contributed by atoms with Gasteiger partial charge < -0.3 is 15.1 Å². The number of anilines is 3. The third kappa shape index (κ3) is 4.41. The highest BCUT2D eigenvalue weighted by Crippen LogP contribution is 2.24. The highest BCUT2D eigenvalue weighted by molar-refractivity contribution is 5.95. The van der Waals surface area contributed by atoms with E-state index in [0.29, 0.717) is 11.4 Å². The molecule has 4 rings (SSSR count). The first-order chi connectivity index (χ1) is 13.3. The van der Waals surface area contributed by atoms with Crippen LogP contribution in [0.4, 0.5) is 17.2 Å². The standard InChI is InChI=1S/C22H28N4O/c27-22(26-15-5-2-6-16-26)18-11-12-23-21(17-18)24-19-7-9-20(10-8-19)25-13-3-1-4-14-25/h7-12,17H,1-6,13-16H2,(H,23,24). The van der Waals surface area contributed by atoms with Crippen LogP contribution in [0, 0.1) is 0 Å². The van der Waals surface area contributed by atoms with Crippen LogP contribution in [0.1, 0.15) is 48.9 Å². The average Bonchev–Trinajstić information content (AvgIpc) is 2.75. The molecule has 0 atom stereocenters. The van der Waals surface area contributed by atoms with Gasteiger partial charge >= 0.3 is 0 Å². The number of aromatic nitrogens is 1. The van der Waals surface area contributed by atoms with Gasteiger partial charge in [-0.15, -0.1) is 0 Å². The molecule has 0 bridgehead atoms. The molecule has 2 fully saturated rings. The first kappa shape index (κ1) is 17.8. The fourth-order valence-corrected chi connectivity index (χ4v) is 3.97. The van der Waals surface area contributed by atoms with Crippen LogP contribution in [-0.2, 0) is 0 Å². The molecule has 1 amide bonds. The van der Waals surface area contributed by atoms with Crippen molar-refractivity contribution in [2.45, 2.75) is 38.5 Å². The third-order valence-electron chi connectivity index (χ3n) is 5.51. The van der Waals surface area contributed by atoms with Crippen molar-refractivity contribution >= 4 is 23.1 Å². The SMILES string of the molecule is O=C(c1ccnc(Nc2ccc(N3CCCCC3)cc2)c1)N1CCCCC1. The first-order valence-corrected chi connectivity index (χ1v) is 10.2. The van der Waals surface area contributed by atoms with E-state index < -0.39 is 0 Å². The van der Waals surface area contributed by atoms with Crippen molar-refractivity contribution < 1.29 is 4.79 Å². The lowest BCUT2D eigenvalue weighted by atomic mass is 10.1. The topological polar surface area (TPSA) is 48.5 Å². The predicted octanol–water partition coefficient (Wildman–Crippen LogP) is 4.44. The van der Waals surface area contributed by atoms with Crippen LogP contribution in [0.15, 0.2) is 42.6 Å². The Morgan fingerprint density at radius 2 is 1.52 bits per heavy atom. The van der Waals surface area contributed by atoms with Gasteiger partial charge in [0.1, 0.15) is 5.82 Å². The second-order valence-electron chi connectivity index (χ2n) is 7.50. The van der Waals surface area contributed by atoms with Crippen LogP contribution in [0.5, 0.6) is 0 Å². The Bertz CT molecular complexity index is 762. The summed E-state index contributed by atoms with van der Waals surface area (Å²) in [6, 6.07) is 12.2. The van der Waals surface area contributed by atoms with E-state index in [1.54, 1.807) is 6.20 Å². The fourth-order valence-electron chi connectivity index (χ4n) is 3.97. The molecule has 1 N–H and O–H groups in total. The molecule has 5 heteroatoms. The summed E-state index contributed by atoms with van der Waals surface area (Å²) in [5.41, 5.74) is 2.98. The highest BCUT2D eigenvalue weighted by Gasteiger charge is 2.18. The second kappa shape index (κ2) is 8.42. The summed E-state index contributed by atoms with van der Waals surface area (Å²) in [6.07, 6.45) is 9.04. The number of piperidine rings is 2.